The highest BCUT2D eigenvalue weighted by molar-refractivity contribution is 6.44. The van der Waals surface area contributed by atoms with E-state index in [1.807, 2.05) is 0 Å². The van der Waals surface area contributed by atoms with Crippen molar-refractivity contribution in [2.24, 2.45) is 0 Å². The van der Waals surface area contributed by atoms with E-state index in [0.29, 0.717) is 0 Å². The molecular weight excluding hydrogens is 426 g/mol. The van der Waals surface area contributed by atoms with E-state index in [1.165, 1.54) is 36.4 Å². The highest BCUT2D eigenvalue weighted by atomic mass is 35.5. The zero-order valence-corrected chi connectivity index (χ0v) is 16.0. The minimum Gasteiger partial charge on any atom is -0.454 e. The summed E-state index contributed by atoms with van der Waals surface area (Å²) in [6, 6.07) is 8.86. The van der Waals surface area contributed by atoms with E-state index in [-0.39, 0.29) is 31.2 Å². The molecule has 136 valence electrons. The number of hydrogen-bond donors (Lipinski definition) is 0. The van der Waals surface area contributed by atoms with E-state index < -0.39 is 30.9 Å². The number of carbonyl (C=O) groups excluding carboxylic acids is 3. The van der Waals surface area contributed by atoms with Gasteiger partial charge in [0.25, 0.3) is 0 Å². The van der Waals surface area contributed by atoms with Crippen LogP contribution in [0.2, 0.25) is 20.1 Å². The Balaban J connectivity index is 1.87. The quantitative estimate of drug-likeness (QED) is 0.604. The van der Waals surface area contributed by atoms with Gasteiger partial charge in [-0.05, 0) is 24.3 Å². The van der Waals surface area contributed by atoms with Crippen molar-refractivity contribution in [2.45, 2.75) is 0 Å². The smallest absolute Gasteiger partial charge is 0.340 e. The number of Topliss-reactive ketones (excluding diaryl/α,β-unsaturated/α-hetero) is 1. The summed E-state index contributed by atoms with van der Waals surface area (Å²) in [5.74, 6) is -2.28. The van der Waals surface area contributed by atoms with E-state index >= 15 is 0 Å². The van der Waals surface area contributed by atoms with E-state index in [1.54, 1.807) is 0 Å². The molecular formula is C17H10Cl4O5. The molecule has 0 aromatic heterocycles. The van der Waals surface area contributed by atoms with E-state index in [4.69, 9.17) is 55.9 Å². The second kappa shape index (κ2) is 9.24. The van der Waals surface area contributed by atoms with Gasteiger partial charge in [-0.15, -0.1) is 0 Å². The van der Waals surface area contributed by atoms with Crippen LogP contribution in [-0.4, -0.2) is 30.9 Å². The Morgan fingerprint density at radius 2 is 1.08 bits per heavy atom. The van der Waals surface area contributed by atoms with Gasteiger partial charge in [-0.25, -0.2) is 9.59 Å². The van der Waals surface area contributed by atoms with E-state index in [0.717, 1.165) is 0 Å². The summed E-state index contributed by atoms with van der Waals surface area (Å²) in [6.07, 6.45) is 0. The number of halogens is 4. The third kappa shape index (κ3) is 5.11. The number of esters is 2. The van der Waals surface area contributed by atoms with Crippen LogP contribution in [0.25, 0.3) is 0 Å². The van der Waals surface area contributed by atoms with Crippen LogP contribution in [0.15, 0.2) is 36.4 Å². The second-order valence-corrected chi connectivity index (χ2v) is 6.46. The highest BCUT2D eigenvalue weighted by Crippen LogP contribution is 2.27. The van der Waals surface area contributed by atoms with Gasteiger partial charge >= 0.3 is 11.9 Å². The molecule has 5 nitrogen and oxygen atoms in total. The number of benzene rings is 2. The average Bonchev–Trinajstić information content (AvgIpc) is 2.62. The summed E-state index contributed by atoms with van der Waals surface area (Å²) in [7, 11) is 0. The lowest BCUT2D eigenvalue weighted by Crippen LogP contribution is -2.21. The van der Waals surface area contributed by atoms with Gasteiger partial charge in [-0.3, -0.25) is 4.79 Å². The van der Waals surface area contributed by atoms with Gasteiger partial charge < -0.3 is 9.47 Å². The van der Waals surface area contributed by atoms with Gasteiger partial charge in [0.15, 0.2) is 13.2 Å². The van der Waals surface area contributed by atoms with Crippen LogP contribution in [0.1, 0.15) is 20.7 Å². The Labute approximate surface area is 168 Å². The van der Waals surface area contributed by atoms with Crippen molar-refractivity contribution in [3.05, 3.63) is 67.6 Å². The van der Waals surface area contributed by atoms with Crippen molar-refractivity contribution < 1.29 is 23.9 Å². The summed E-state index contributed by atoms with van der Waals surface area (Å²) in [5.41, 5.74) is 0.0457. The predicted molar refractivity (Wildman–Crippen MR) is 98.5 cm³/mol. The maximum Gasteiger partial charge on any atom is 0.340 e. The number of hydrogen-bond acceptors (Lipinski definition) is 5. The molecule has 0 aliphatic rings. The lowest BCUT2D eigenvalue weighted by Gasteiger charge is -2.08. The molecule has 0 amide bonds. The molecule has 0 spiro atoms. The fourth-order valence-corrected chi connectivity index (χ4v) is 2.57. The van der Waals surface area contributed by atoms with Crippen LogP contribution in [0.3, 0.4) is 0 Å². The molecule has 0 radical (unpaired) electrons. The first-order chi connectivity index (χ1) is 12.3. The third-order valence-electron chi connectivity index (χ3n) is 3.07. The number of ketones is 1. The monoisotopic (exact) mass is 434 g/mol. The van der Waals surface area contributed by atoms with Gasteiger partial charge in [0.05, 0.1) is 31.2 Å². The lowest BCUT2D eigenvalue weighted by molar-refractivity contribution is -0.125. The van der Waals surface area contributed by atoms with Crippen molar-refractivity contribution in [1.29, 1.82) is 0 Å². The van der Waals surface area contributed by atoms with Crippen molar-refractivity contribution in [2.75, 3.05) is 13.2 Å². The topological polar surface area (TPSA) is 69.7 Å². The van der Waals surface area contributed by atoms with E-state index in [2.05, 4.69) is 0 Å². The first kappa shape index (κ1) is 20.5. The molecule has 0 fully saturated rings. The summed E-state index contributed by atoms with van der Waals surface area (Å²) in [6.45, 7) is -1.20. The molecule has 0 aliphatic heterocycles. The fourth-order valence-electron chi connectivity index (χ4n) is 1.81. The van der Waals surface area contributed by atoms with E-state index in [9.17, 15) is 14.4 Å². The minimum atomic E-state index is -0.824. The Morgan fingerprint density at radius 3 is 1.46 bits per heavy atom. The van der Waals surface area contributed by atoms with Gasteiger partial charge in [-0.2, -0.15) is 0 Å². The molecule has 0 saturated carbocycles. The molecule has 9 heteroatoms. The standard InChI is InChI=1S/C17H10Cl4O5/c18-12-5-1-3-10(14(12)20)16(23)25-7-9(22)8-26-17(24)11-4-2-6-13(19)15(11)21/h1-6H,7-8H2. The lowest BCUT2D eigenvalue weighted by atomic mass is 10.2. The number of rotatable bonds is 6. The summed E-state index contributed by atoms with van der Waals surface area (Å²) < 4.78 is 9.67. The molecule has 0 aliphatic carbocycles. The largest absolute Gasteiger partial charge is 0.454 e. The molecule has 0 saturated heterocycles. The maximum absolute atomic E-state index is 11.9. The minimum absolute atomic E-state index is 0.0219. The van der Waals surface area contributed by atoms with Crippen LogP contribution in [0, 0.1) is 0 Å². The highest BCUT2D eigenvalue weighted by Gasteiger charge is 2.18. The Hall–Kier alpha value is -1.79. The van der Waals surface area contributed by atoms with Crippen LogP contribution in [0.4, 0.5) is 0 Å². The Morgan fingerprint density at radius 1 is 0.692 bits per heavy atom. The molecule has 2 rings (SSSR count). The van der Waals surface area contributed by atoms with Crippen molar-refractivity contribution in [3.63, 3.8) is 0 Å². The summed E-state index contributed by atoms with van der Waals surface area (Å²) in [5, 5.41) is 0.404. The fraction of sp³-hybridized carbons (Fsp3) is 0.118. The second-order valence-electron chi connectivity index (χ2n) is 4.89. The molecule has 0 N–H and O–H groups in total. The van der Waals surface area contributed by atoms with Gasteiger partial charge in [-0.1, -0.05) is 58.5 Å². The Bertz CT molecular complexity index is 797. The first-order valence-corrected chi connectivity index (χ1v) is 8.56. The predicted octanol–water partition coefficient (Wildman–Crippen LogP) is 4.88. The van der Waals surface area contributed by atoms with Crippen LogP contribution in [0.5, 0.6) is 0 Å². The third-order valence-corrected chi connectivity index (χ3v) is 4.71. The molecule has 0 heterocycles. The van der Waals surface area contributed by atoms with Gasteiger partial charge in [0.1, 0.15) is 0 Å². The Kier molecular flexibility index (Phi) is 7.29. The summed E-state index contributed by atoms with van der Waals surface area (Å²) in [4.78, 5) is 35.6. The van der Waals surface area contributed by atoms with Crippen LogP contribution < -0.4 is 0 Å². The molecule has 0 unspecified atom stereocenters. The zero-order valence-electron chi connectivity index (χ0n) is 12.9. The molecule has 2 aromatic rings. The summed E-state index contributed by atoms with van der Waals surface area (Å²) >= 11 is 23.4. The molecule has 26 heavy (non-hydrogen) atoms. The van der Waals surface area contributed by atoms with Gasteiger partial charge in [0.2, 0.25) is 5.78 Å². The molecule has 2 aromatic carbocycles. The average molecular weight is 436 g/mol. The van der Waals surface area contributed by atoms with Crippen molar-refractivity contribution >= 4 is 64.1 Å². The van der Waals surface area contributed by atoms with Crippen LogP contribution >= 0.6 is 46.4 Å². The normalized spacial score (nSPS) is 10.3. The van der Waals surface area contributed by atoms with Crippen molar-refractivity contribution in [1.82, 2.24) is 0 Å². The molecule has 0 atom stereocenters. The number of ether oxygens (including phenoxy) is 2. The van der Waals surface area contributed by atoms with Gasteiger partial charge in [0, 0.05) is 0 Å². The maximum atomic E-state index is 11.9. The molecule has 0 bridgehead atoms. The van der Waals surface area contributed by atoms with Crippen LogP contribution in [-0.2, 0) is 14.3 Å². The first-order valence-electron chi connectivity index (χ1n) is 7.05. The zero-order chi connectivity index (χ0) is 19.3. The van der Waals surface area contributed by atoms with Crippen molar-refractivity contribution in [3.8, 4) is 0 Å². The number of carbonyl (C=O) groups is 3. The SMILES string of the molecule is O=C(COC(=O)c1cccc(Cl)c1Cl)COC(=O)c1cccc(Cl)c1Cl.